The molecular weight excluding hydrogens is 265 g/mol. The van der Waals surface area contributed by atoms with Crippen LogP contribution in [0.15, 0.2) is 24.3 Å². The van der Waals surface area contributed by atoms with Crippen molar-refractivity contribution in [2.24, 2.45) is 0 Å². The molecule has 1 rings (SSSR count). The summed E-state index contributed by atoms with van der Waals surface area (Å²) in [6, 6.07) is 4.98. The van der Waals surface area contributed by atoms with Gasteiger partial charge in [0.1, 0.15) is 11.9 Å². The Morgan fingerprint density at radius 3 is 2.30 bits per heavy atom. The van der Waals surface area contributed by atoms with E-state index < -0.39 is 18.0 Å². The van der Waals surface area contributed by atoms with Gasteiger partial charge in [0.25, 0.3) is 0 Å². The molecule has 2 N–H and O–H groups in total. The maximum Gasteiger partial charge on any atom is 0.320 e. The van der Waals surface area contributed by atoms with Crippen LogP contribution in [0.5, 0.6) is 0 Å². The van der Waals surface area contributed by atoms with Crippen LogP contribution in [-0.2, 0) is 16.1 Å². The van der Waals surface area contributed by atoms with E-state index in [1.54, 1.807) is 24.0 Å². The van der Waals surface area contributed by atoms with Gasteiger partial charge in [-0.1, -0.05) is 19.1 Å². The van der Waals surface area contributed by atoms with Gasteiger partial charge < -0.3 is 10.2 Å². The third-order valence-corrected chi connectivity index (χ3v) is 3.02. The molecule has 0 aliphatic carbocycles. The van der Waals surface area contributed by atoms with Crippen LogP contribution >= 0.6 is 0 Å². The second-order valence-corrected chi connectivity index (χ2v) is 4.50. The van der Waals surface area contributed by atoms with Crippen LogP contribution in [0, 0.1) is 5.82 Å². The van der Waals surface area contributed by atoms with Crippen LogP contribution in [0.4, 0.5) is 4.39 Å². The first-order valence-corrected chi connectivity index (χ1v) is 6.37. The van der Waals surface area contributed by atoms with Crippen molar-refractivity contribution >= 4 is 11.9 Å². The zero-order valence-electron chi connectivity index (χ0n) is 11.3. The molecule has 0 spiro atoms. The van der Waals surface area contributed by atoms with Crippen LogP contribution in [0.2, 0.25) is 0 Å². The van der Waals surface area contributed by atoms with E-state index in [4.69, 9.17) is 5.11 Å². The van der Waals surface area contributed by atoms with E-state index in [2.05, 4.69) is 0 Å². The van der Waals surface area contributed by atoms with E-state index in [0.717, 1.165) is 5.56 Å². The van der Waals surface area contributed by atoms with Gasteiger partial charge in [0.15, 0.2) is 0 Å². The number of carbonyl (C=O) groups is 2. The summed E-state index contributed by atoms with van der Waals surface area (Å²) in [5.74, 6) is -2.33. The molecule has 0 bridgehead atoms. The maximum absolute atomic E-state index is 12.8. The van der Waals surface area contributed by atoms with Crippen molar-refractivity contribution < 1.29 is 24.2 Å². The minimum Gasteiger partial charge on any atom is -0.481 e. The van der Waals surface area contributed by atoms with E-state index in [1.807, 2.05) is 0 Å². The predicted molar refractivity (Wildman–Crippen MR) is 70.8 cm³/mol. The Balaban J connectivity index is 2.82. The number of aliphatic carboxylic acids is 2. The quantitative estimate of drug-likeness (QED) is 0.762. The molecule has 0 saturated carbocycles. The van der Waals surface area contributed by atoms with Crippen LogP contribution < -0.4 is 0 Å². The molecule has 0 heterocycles. The zero-order valence-corrected chi connectivity index (χ0v) is 11.3. The molecule has 0 fully saturated rings. The Hall–Kier alpha value is -1.95. The number of carboxylic acid groups (broad SMARTS) is 2. The summed E-state index contributed by atoms with van der Waals surface area (Å²) in [6.07, 6.45) is 0.237. The summed E-state index contributed by atoms with van der Waals surface area (Å²) < 4.78 is 12.8. The van der Waals surface area contributed by atoms with Crippen LogP contribution in [0.3, 0.4) is 0 Å². The van der Waals surface area contributed by atoms with Gasteiger partial charge in [-0.05, 0) is 24.1 Å². The van der Waals surface area contributed by atoms with Gasteiger partial charge in [0.05, 0.1) is 6.42 Å². The summed E-state index contributed by atoms with van der Waals surface area (Å²) in [5, 5.41) is 17.9. The number of hydrogen-bond donors (Lipinski definition) is 2. The fraction of sp³-hybridized carbons (Fsp3) is 0.429. The highest BCUT2D eigenvalue weighted by molar-refractivity contribution is 5.73. The Bertz CT molecular complexity index is 461. The van der Waals surface area contributed by atoms with Gasteiger partial charge in [-0.25, -0.2) is 4.39 Å². The normalized spacial score (nSPS) is 12.3. The van der Waals surface area contributed by atoms with Gasteiger partial charge in [-0.15, -0.1) is 0 Å². The molecule has 0 radical (unpaired) electrons. The lowest BCUT2D eigenvalue weighted by Crippen LogP contribution is -2.41. The number of nitrogens with zero attached hydrogens (tertiary/aromatic N) is 1. The van der Waals surface area contributed by atoms with E-state index >= 15 is 0 Å². The van der Waals surface area contributed by atoms with Crippen molar-refractivity contribution in [1.29, 1.82) is 0 Å². The lowest BCUT2D eigenvalue weighted by atomic mass is 10.1. The fourth-order valence-corrected chi connectivity index (χ4v) is 2.00. The predicted octanol–water partition coefficient (Wildman–Crippen LogP) is 1.97. The van der Waals surface area contributed by atoms with Crippen molar-refractivity contribution in [3.05, 3.63) is 35.6 Å². The monoisotopic (exact) mass is 283 g/mol. The highest BCUT2D eigenvalue weighted by atomic mass is 19.1. The largest absolute Gasteiger partial charge is 0.481 e. The summed E-state index contributed by atoms with van der Waals surface area (Å²) in [7, 11) is 0. The highest BCUT2D eigenvalue weighted by Gasteiger charge is 2.24. The summed E-state index contributed by atoms with van der Waals surface area (Å²) in [5.41, 5.74) is 0.747. The number of carboxylic acids is 2. The number of benzene rings is 1. The van der Waals surface area contributed by atoms with E-state index in [0.29, 0.717) is 6.42 Å². The first kappa shape index (κ1) is 16.1. The number of hydrogen-bond acceptors (Lipinski definition) is 3. The third-order valence-electron chi connectivity index (χ3n) is 3.02. The van der Waals surface area contributed by atoms with Crippen molar-refractivity contribution in [2.45, 2.75) is 32.4 Å². The second kappa shape index (κ2) is 7.59. The van der Waals surface area contributed by atoms with Gasteiger partial charge >= 0.3 is 11.9 Å². The average molecular weight is 283 g/mol. The summed E-state index contributed by atoms with van der Waals surface area (Å²) in [6.45, 7) is 2.15. The van der Waals surface area contributed by atoms with Gasteiger partial charge in [-0.2, -0.15) is 0 Å². The summed E-state index contributed by atoms with van der Waals surface area (Å²) >= 11 is 0. The lowest BCUT2D eigenvalue weighted by molar-refractivity contribution is -0.145. The van der Waals surface area contributed by atoms with Crippen LogP contribution in [0.25, 0.3) is 0 Å². The number of halogens is 1. The molecule has 1 aromatic carbocycles. The first-order valence-electron chi connectivity index (χ1n) is 6.37. The SMILES string of the molecule is CCC(C(=O)O)N(CCC(=O)O)Cc1ccc(F)cc1. The molecule has 5 nitrogen and oxygen atoms in total. The van der Waals surface area contributed by atoms with E-state index in [1.165, 1.54) is 12.1 Å². The molecule has 0 aliphatic heterocycles. The Kier molecular flexibility index (Phi) is 6.11. The van der Waals surface area contributed by atoms with Crippen molar-refractivity contribution in [3.8, 4) is 0 Å². The fourth-order valence-electron chi connectivity index (χ4n) is 2.00. The molecule has 0 aliphatic rings. The maximum atomic E-state index is 12.8. The second-order valence-electron chi connectivity index (χ2n) is 4.50. The minimum atomic E-state index is -0.986. The zero-order chi connectivity index (χ0) is 15.1. The lowest BCUT2D eigenvalue weighted by Gasteiger charge is -2.27. The van der Waals surface area contributed by atoms with Crippen molar-refractivity contribution in [1.82, 2.24) is 4.90 Å². The van der Waals surface area contributed by atoms with Crippen LogP contribution in [-0.4, -0.2) is 39.6 Å². The molecule has 20 heavy (non-hydrogen) atoms. The van der Waals surface area contributed by atoms with Crippen molar-refractivity contribution in [2.75, 3.05) is 6.54 Å². The molecule has 1 aromatic rings. The minimum absolute atomic E-state index is 0.134. The van der Waals surface area contributed by atoms with Crippen molar-refractivity contribution in [3.63, 3.8) is 0 Å². The third kappa shape index (κ3) is 4.97. The van der Waals surface area contributed by atoms with Gasteiger partial charge in [0.2, 0.25) is 0 Å². The topological polar surface area (TPSA) is 77.8 Å². The molecular formula is C14H18FNO4. The van der Waals surface area contributed by atoms with Gasteiger partial charge in [0, 0.05) is 13.1 Å². The van der Waals surface area contributed by atoms with Crippen LogP contribution in [0.1, 0.15) is 25.3 Å². The number of rotatable bonds is 8. The Morgan fingerprint density at radius 2 is 1.85 bits per heavy atom. The molecule has 1 atom stereocenters. The van der Waals surface area contributed by atoms with Gasteiger partial charge in [-0.3, -0.25) is 14.5 Å². The standard InChI is InChI=1S/C14H18FNO4/c1-2-12(14(19)20)16(8-7-13(17)18)9-10-3-5-11(15)6-4-10/h3-6,12H,2,7-9H2,1H3,(H,17,18)(H,19,20). The smallest absolute Gasteiger partial charge is 0.320 e. The molecule has 0 amide bonds. The molecule has 6 heteroatoms. The molecule has 110 valence electrons. The average Bonchev–Trinajstić information content (AvgIpc) is 2.38. The molecule has 0 saturated heterocycles. The Morgan fingerprint density at radius 1 is 1.25 bits per heavy atom. The summed E-state index contributed by atoms with van der Waals surface area (Å²) in [4.78, 5) is 23.5. The molecule has 1 unspecified atom stereocenters. The van der Waals surface area contributed by atoms with E-state index in [9.17, 15) is 19.1 Å². The first-order chi connectivity index (χ1) is 9.43. The van der Waals surface area contributed by atoms with E-state index in [-0.39, 0.29) is 25.3 Å². The highest BCUT2D eigenvalue weighted by Crippen LogP contribution is 2.13. The Labute approximate surface area is 116 Å². The molecule has 0 aromatic heterocycles.